The molecule has 7 heteroatoms. The number of halogens is 2. The van der Waals surface area contributed by atoms with Crippen molar-refractivity contribution in [3.63, 3.8) is 0 Å². The number of rotatable bonds is 4. The van der Waals surface area contributed by atoms with E-state index >= 15 is 0 Å². The molecular weight excluding hydrogens is 328 g/mol. The smallest absolute Gasteiger partial charge is 0.191 e. The highest BCUT2D eigenvalue weighted by atomic mass is 19.1. The summed E-state index contributed by atoms with van der Waals surface area (Å²) >= 11 is 0. The third-order valence-electron chi connectivity index (χ3n) is 3.77. The summed E-state index contributed by atoms with van der Waals surface area (Å²) in [5, 5.41) is 6.20. The van der Waals surface area contributed by atoms with Crippen LogP contribution in [0.5, 0.6) is 5.75 Å². The fourth-order valence-corrected chi connectivity index (χ4v) is 2.62. The van der Waals surface area contributed by atoms with Crippen LogP contribution in [0.1, 0.15) is 16.7 Å². The Labute approximate surface area is 144 Å². The molecule has 0 radical (unpaired) electrons. The molecule has 0 atom stereocenters. The average Bonchev–Trinajstić information content (AvgIpc) is 2.61. The van der Waals surface area contributed by atoms with Gasteiger partial charge in [0, 0.05) is 31.3 Å². The van der Waals surface area contributed by atoms with Crippen molar-refractivity contribution in [1.29, 1.82) is 0 Å². The zero-order chi connectivity index (χ0) is 17.6. The van der Waals surface area contributed by atoms with Crippen LogP contribution in [0.15, 0.2) is 41.4 Å². The van der Waals surface area contributed by atoms with Crippen molar-refractivity contribution < 1.29 is 18.3 Å². The van der Waals surface area contributed by atoms with Gasteiger partial charge in [-0.25, -0.2) is 8.78 Å². The molecule has 25 heavy (non-hydrogen) atoms. The second-order valence-corrected chi connectivity index (χ2v) is 5.57. The van der Waals surface area contributed by atoms with Gasteiger partial charge in [0.05, 0.1) is 6.61 Å². The lowest BCUT2D eigenvalue weighted by molar-refractivity contribution is -0.0172. The van der Waals surface area contributed by atoms with E-state index in [1.165, 1.54) is 24.3 Å². The molecule has 2 aromatic rings. The van der Waals surface area contributed by atoms with E-state index in [4.69, 9.17) is 9.47 Å². The van der Waals surface area contributed by atoms with Gasteiger partial charge in [-0.2, -0.15) is 0 Å². The van der Waals surface area contributed by atoms with Gasteiger partial charge < -0.3 is 20.1 Å². The van der Waals surface area contributed by atoms with Crippen LogP contribution in [0.3, 0.4) is 0 Å². The van der Waals surface area contributed by atoms with E-state index < -0.39 is 0 Å². The van der Waals surface area contributed by atoms with Crippen LogP contribution in [-0.2, 0) is 24.4 Å². The fraction of sp³-hybridized carbons (Fsp3) is 0.278. The van der Waals surface area contributed by atoms with Gasteiger partial charge >= 0.3 is 0 Å². The van der Waals surface area contributed by atoms with E-state index in [0.717, 1.165) is 5.56 Å². The van der Waals surface area contributed by atoms with E-state index in [0.29, 0.717) is 42.5 Å². The van der Waals surface area contributed by atoms with Gasteiger partial charge in [-0.05, 0) is 29.8 Å². The van der Waals surface area contributed by atoms with Crippen LogP contribution in [0.4, 0.5) is 8.78 Å². The number of nitrogens with one attached hydrogen (secondary N) is 2. The van der Waals surface area contributed by atoms with E-state index in [1.54, 1.807) is 13.1 Å². The molecule has 0 aromatic heterocycles. The molecule has 0 fully saturated rings. The summed E-state index contributed by atoms with van der Waals surface area (Å²) in [6.07, 6.45) is 0. The molecule has 0 bridgehead atoms. The minimum Gasteiger partial charge on any atom is -0.467 e. The Morgan fingerprint density at radius 3 is 2.76 bits per heavy atom. The van der Waals surface area contributed by atoms with E-state index in [-0.39, 0.29) is 18.4 Å². The molecule has 0 saturated carbocycles. The van der Waals surface area contributed by atoms with Gasteiger partial charge in [0.1, 0.15) is 17.4 Å². The minimum absolute atomic E-state index is 0.151. The first kappa shape index (κ1) is 17.2. The predicted octanol–water partition coefficient (Wildman–Crippen LogP) is 2.70. The third kappa shape index (κ3) is 4.45. The number of guanidine groups is 1. The quantitative estimate of drug-likeness (QED) is 0.660. The standard InChI is InChI=1S/C18H19F2N3O2/c1-21-18(22-8-12-3-2-4-15(19)5-12)23-9-13-6-16(20)7-14-10-24-11-25-17(13)14/h2-7H,8-11H2,1H3,(H2,21,22,23). The number of hydrogen-bond donors (Lipinski definition) is 2. The SMILES string of the molecule is CN=C(NCc1cccc(F)c1)NCc1cc(F)cc2c1OCOC2. The van der Waals surface area contributed by atoms with Crippen molar-refractivity contribution in [3.8, 4) is 5.75 Å². The van der Waals surface area contributed by atoms with Gasteiger partial charge in [-0.3, -0.25) is 4.99 Å². The maximum Gasteiger partial charge on any atom is 0.191 e. The van der Waals surface area contributed by atoms with Crippen molar-refractivity contribution >= 4 is 5.96 Å². The predicted molar refractivity (Wildman–Crippen MR) is 90.1 cm³/mol. The fourth-order valence-electron chi connectivity index (χ4n) is 2.62. The summed E-state index contributed by atoms with van der Waals surface area (Å²) in [4.78, 5) is 4.12. The van der Waals surface area contributed by atoms with Crippen LogP contribution in [0, 0.1) is 11.6 Å². The Morgan fingerprint density at radius 2 is 1.96 bits per heavy atom. The topological polar surface area (TPSA) is 54.9 Å². The minimum atomic E-state index is -0.340. The normalized spacial score (nSPS) is 13.8. The van der Waals surface area contributed by atoms with Gasteiger partial charge in [-0.15, -0.1) is 0 Å². The molecule has 0 saturated heterocycles. The van der Waals surface area contributed by atoms with E-state index in [2.05, 4.69) is 15.6 Å². The second-order valence-electron chi connectivity index (χ2n) is 5.57. The molecule has 5 nitrogen and oxygen atoms in total. The summed E-state index contributed by atoms with van der Waals surface area (Å²) in [5.74, 6) is 0.537. The van der Waals surface area contributed by atoms with Crippen molar-refractivity contribution in [3.05, 3.63) is 64.7 Å². The number of fused-ring (bicyclic) bond motifs is 1. The van der Waals surface area contributed by atoms with Gasteiger partial charge in [0.25, 0.3) is 0 Å². The Morgan fingerprint density at radius 1 is 1.12 bits per heavy atom. The summed E-state index contributed by atoms with van der Waals surface area (Å²) < 4.78 is 37.6. The molecule has 0 amide bonds. The average molecular weight is 347 g/mol. The first-order valence-electron chi connectivity index (χ1n) is 7.86. The lowest BCUT2D eigenvalue weighted by Crippen LogP contribution is -2.36. The molecule has 132 valence electrons. The molecule has 0 spiro atoms. The molecule has 3 rings (SSSR count). The number of nitrogens with zero attached hydrogens (tertiary/aromatic N) is 1. The Balaban J connectivity index is 1.63. The molecule has 1 aliphatic rings. The number of hydrogen-bond acceptors (Lipinski definition) is 3. The summed E-state index contributed by atoms with van der Waals surface area (Å²) in [7, 11) is 1.63. The molecule has 1 heterocycles. The Bertz CT molecular complexity index is 781. The van der Waals surface area contributed by atoms with E-state index in [1.807, 2.05) is 6.07 Å². The van der Waals surface area contributed by atoms with Crippen molar-refractivity contribution in [2.75, 3.05) is 13.8 Å². The maximum absolute atomic E-state index is 13.7. The molecule has 1 aliphatic heterocycles. The van der Waals surface area contributed by atoms with Crippen LogP contribution < -0.4 is 15.4 Å². The maximum atomic E-state index is 13.7. The summed E-state index contributed by atoms with van der Waals surface area (Å²) in [5.41, 5.74) is 2.17. The Kier molecular flexibility index (Phi) is 5.45. The van der Waals surface area contributed by atoms with Crippen LogP contribution in [0.2, 0.25) is 0 Å². The highest BCUT2D eigenvalue weighted by Gasteiger charge is 2.17. The van der Waals surface area contributed by atoms with Crippen molar-refractivity contribution in [1.82, 2.24) is 10.6 Å². The van der Waals surface area contributed by atoms with Crippen LogP contribution >= 0.6 is 0 Å². The van der Waals surface area contributed by atoms with Crippen LogP contribution in [-0.4, -0.2) is 19.8 Å². The largest absolute Gasteiger partial charge is 0.467 e. The molecule has 2 aromatic carbocycles. The number of benzene rings is 2. The summed E-state index contributed by atoms with van der Waals surface area (Å²) in [6, 6.07) is 9.16. The van der Waals surface area contributed by atoms with Gasteiger partial charge in [-0.1, -0.05) is 12.1 Å². The zero-order valence-corrected chi connectivity index (χ0v) is 13.8. The first-order chi connectivity index (χ1) is 12.2. The first-order valence-corrected chi connectivity index (χ1v) is 7.86. The second kappa shape index (κ2) is 7.94. The molecule has 0 unspecified atom stereocenters. The molecule has 2 N–H and O–H groups in total. The molecule has 0 aliphatic carbocycles. The van der Waals surface area contributed by atoms with E-state index in [9.17, 15) is 8.78 Å². The highest BCUT2D eigenvalue weighted by Crippen LogP contribution is 2.29. The number of aliphatic imine (C=N–C) groups is 1. The Hall–Kier alpha value is -2.67. The zero-order valence-electron chi connectivity index (χ0n) is 13.8. The lowest BCUT2D eigenvalue weighted by atomic mass is 10.1. The molecular formula is C18H19F2N3O2. The highest BCUT2D eigenvalue weighted by molar-refractivity contribution is 5.79. The van der Waals surface area contributed by atoms with Gasteiger partial charge in [0.2, 0.25) is 0 Å². The lowest BCUT2D eigenvalue weighted by Gasteiger charge is -2.21. The van der Waals surface area contributed by atoms with Crippen molar-refractivity contribution in [2.24, 2.45) is 4.99 Å². The third-order valence-corrected chi connectivity index (χ3v) is 3.77. The van der Waals surface area contributed by atoms with Crippen LogP contribution in [0.25, 0.3) is 0 Å². The van der Waals surface area contributed by atoms with Crippen molar-refractivity contribution in [2.45, 2.75) is 19.7 Å². The monoisotopic (exact) mass is 347 g/mol. The van der Waals surface area contributed by atoms with Gasteiger partial charge in [0.15, 0.2) is 12.8 Å². The summed E-state index contributed by atoms with van der Waals surface area (Å²) in [6.45, 7) is 1.23. The number of ether oxygens (including phenoxy) is 2.